The largest absolute Gasteiger partial charge is 0.480 e. The Hall–Kier alpha value is -1.40. The van der Waals surface area contributed by atoms with Crippen molar-refractivity contribution in [1.82, 2.24) is 10.6 Å². The lowest BCUT2D eigenvalue weighted by molar-refractivity contribution is -0.139. The van der Waals surface area contributed by atoms with E-state index in [9.17, 15) is 14.7 Å². The molecular formula is C14H24N2O4. The molecule has 0 unspecified atom stereocenters. The van der Waals surface area contributed by atoms with E-state index in [1.54, 1.807) is 6.08 Å². The van der Waals surface area contributed by atoms with E-state index < -0.39 is 24.2 Å². The smallest absolute Gasteiger partial charge is 0.320 e. The molecule has 5 atom stereocenters. The molecule has 1 aliphatic rings. The highest BCUT2D eigenvalue weighted by Crippen LogP contribution is 2.26. The number of carboxylic acids is 1. The van der Waals surface area contributed by atoms with Crippen LogP contribution in [0.3, 0.4) is 0 Å². The van der Waals surface area contributed by atoms with Gasteiger partial charge in [-0.1, -0.05) is 19.4 Å². The van der Waals surface area contributed by atoms with Gasteiger partial charge in [0.25, 0.3) is 0 Å². The van der Waals surface area contributed by atoms with Crippen LogP contribution in [0.2, 0.25) is 0 Å². The number of aliphatic hydroxyl groups excluding tert-OH is 1. The van der Waals surface area contributed by atoms with Crippen LogP contribution in [0, 0.1) is 5.92 Å². The number of nitrogens with one attached hydrogen (secondary N) is 2. The predicted molar refractivity (Wildman–Crippen MR) is 75.2 cm³/mol. The van der Waals surface area contributed by atoms with E-state index in [0.717, 1.165) is 6.42 Å². The second-order valence-electron chi connectivity index (χ2n) is 5.30. The van der Waals surface area contributed by atoms with Gasteiger partial charge >= 0.3 is 5.97 Å². The molecule has 0 saturated carbocycles. The quantitative estimate of drug-likeness (QED) is 0.503. The molecule has 0 radical (unpaired) electrons. The Labute approximate surface area is 119 Å². The number of aliphatic hydroxyl groups is 1. The number of rotatable bonds is 7. The summed E-state index contributed by atoms with van der Waals surface area (Å²) in [5, 5.41) is 25.1. The summed E-state index contributed by atoms with van der Waals surface area (Å²) in [5.41, 5.74) is 0. The van der Waals surface area contributed by atoms with Crippen LogP contribution in [-0.2, 0) is 9.59 Å². The Morgan fingerprint density at radius 2 is 2.20 bits per heavy atom. The molecule has 4 N–H and O–H groups in total. The number of carbonyl (C=O) groups is 2. The number of carbonyl (C=O) groups excluding carboxylic acids is 1. The lowest BCUT2D eigenvalue weighted by Gasteiger charge is -2.31. The van der Waals surface area contributed by atoms with Crippen molar-refractivity contribution in [3.05, 3.63) is 12.7 Å². The zero-order chi connectivity index (χ0) is 15.3. The topological polar surface area (TPSA) is 98.7 Å². The maximum atomic E-state index is 11.3. The van der Waals surface area contributed by atoms with Gasteiger partial charge in [0.2, 0.25) is 5.91 Å². The monoisotopic (exact) mass is 284 g/mol. The lowest BCUT2D eigenvalue weighted by atomic mass is 9.89. The third kappa shape index (κ3) is 4.05. The van der Waals surface area contributed by atoms with E-state index >= 15 is 0 Å². The number of amides is 1. The Morgan fingerprint density at radius 1 is 1.55 bits per heavy atom. The summed E-state index contributed by atoms with van der Waals surface area (Å²) in [6.45, 7) is 7.06. The van der Waals surface area contributed by atoms with Crippen molar-refractivity contribution in [3.8, 4) is 0 Å². The highest BCUT2D eigenvalue weighted by molar-refractivity contribution is 5.75. The van der Waals surface area contributed by atoms with E-state index in [-0.39, 0.29) is 17.9 Å². The summed E-state index contributed by atoms with van der Waals surface area (Å²) in [6, 6.07) is -1.51. The van der Waals surface area contributed by atoms with Crippen molar-refractivity contribution in [3.63, 3.8) is 0 Å². The average Bonchev–Trinajstić information content (AvgIpc) is 2.79. The van der Waals surface area contributed by atoms with Crippen LogP contribution in [-0.4, -0.2) is 46.3 Å². The number of carboxylic acid groups (broad SMARTS) is 1. The summed E-state index contributed by atoms with van der Waals surface area (Å²) in [5.74, 6) is -1.26. The predicted octanol–water partition coefficient (Wildman–Crippen LogP) is 0.269. The van der Waals surface area contributed by atoms with Gasteiger partial charge in [-0.2, -0.15) is 0 Å². The standard InChI is InChI=1S/C14H24N2O4/c1-4-6-11(18)13(15-8(3)17)12-9(5-2)7-10(16-12)14(19)20/h5,9-13,16,18H,2,4,6-7H2,1,3H3,(H,15,17)(H,19,20)/t9-,10-,11-,12-,13+/m1/s1. The van der Waals surface area contributed by atoms with Crippen molar-refractivity contribution < 1.29 is 19.8 Å². The first kappa shape index (κ1) is 16.7. The van der Waals surface area contributed by atoms with Crippen molar-refractivity contribution >= 4 is 11.9 Å². The maximum Gasteiger partial charge on any atom is 0.320 e. The van der Waals surface area contributed by atoms with Gasteiger partial charge in [0, 0.05) is 13.0 Å². The minimum atomic E-state index is -0.925. The fourth-order valence-corrected chi connectivity index (χ4v) is 2.76. The minimum absolute atomic E-state index is 0.0977. The third-order valence-corrected chi connectivity index (χ3v) is 3.72. The summed E-state index contributed by atoms with van der Waals surface area (Å²) in [7, 11) is 0. The molecule has 0 bridgehead atoms. The summed E-state index contributed by atoms with van der Waals surface area (Å²) in [6.07, 6.45) is 2.72. The molecule has 0 aromatic carbocycles. The van der Waals surface area contributed by atoms with Gasteiger partial charge in [-0.25, -0.2) is 0 Å². The van der Waals surface area contributed by atoms with Crippen LogP contribution in [0.25, 0.3) is 0 Å². The maximum absolute atomic E-state index is 11.3. The molecule has 6 nitrogen and oxygen atoms in total. The van der Waals surface area contributed by atoms with E-state index in [4.69, 9.17) is 5.11 Å². The van der Waals surface area contributed by atoms with Crippen LogP contribution in [0.1, 0.15) is 33.1 Å². The summed E-state index contributed by atoms with van der Waals surface area (Å²) in [4.78, 5) is 22.4. The molecule has 1 heterocycles. The van der Waals surface area contributed by atoms with Crippen molar-refractivity contribution in [1.29, 1.82) is 0 Å². The Bertz CT molecular complexity index is 372. The first-order chi connectivity index (χ1) is 9.40. The van der Waals surface area contributed by atoms with Crippen LogP contribution in [0.5, 0.6) is 0 Å². The van der Waals surface area contributed by atoms with Crippen LogP contribution >= 0.6 is 0 Å². The Morgan fingerprint density at radius 3 is 2.65 bits per heavy atom. The highest BCUT2D eigenvalue weighted by atomic mass is 16.4. The Balaban J connectivity index is 2.89. The molecule has 0 aromatic heterocycles. The van der Waals surface area contributed by atoms with Gasteiger partial charge < -0.3 is 15.5 Å². The SMILES string of the molecule is C=C[C@@H]1C[C@H](C(=O)O)N[C@H]1[C@@H](NC(C)=O)[C@H](O)CCC. The zero-order valence-corrected chi connectivity index (χ0v) is 12.0. The van der Waals surface area contributed by atoms with Crippen LogP contribution < -0.4 is 10.6 Å². The third-order valence-electron chi connectivity index (χ3n) is 3.72. The zero-order valence-electron chi connectivity index (χ0n) is 12.0. The molecule has 1 aliphatic heterocycles. The van der Waals surface area contributed by atoms with Gasteiger partial charge in [0.15, 0.2) is 0 Å². The fourth-order valence-electron chi connectivity index (χ4n) is 2.76. The highest BCUT2D eigenvalue weighted by Gasteiger charge is 2.42. The van der Waals surface area contributed by atoms with Gasteiger partial charge in [-0.3, -0.25) is 14.9 Å². The Kier molecular flexibility index (Phi) is 6.16. The van der Waals surface area contributed by atoms with Gasteiger partial charge in [-0.15, -0.1) is 6.58 Å². The van der Waals surface area contributed by atoms with E-state index in [2.05, 4.69) is 17.2 Å². The summed E-state index contributed by atoms with van der Waals surface area (Å²) < 4.78 is 0. The number of hydrogen-bond donors (Lipinski definition) is 4. The molecule has 114 valence electrons. The van der Waals surface area contributed by atoms with Gasteiger partial charge in [0.1, 0.15) is 6.04 Å². The van der Waals surface area contributed by atoms with Crippen molar-refractivity contribution in [2.24, 2.45) is 5.92 Å². The second-order valence-corrected chi connectivity index (χ2v) is 5.30. The van der Waals surface area contributed by atoms with E-state index in [1.807, 2.05) is 6.92 Å². The molecule has 0 aliphatic carbocycles. The van der Waals surface area contributed by atoms with Crippen molar-refractivity contribution in [2.75, 3.05) is 0 Å². The fraction of sp³-hybridized carbons (Fsp3) is 0.714. The molecule has 6 heteroatoms. The summed E-state index contributed by atoms with van der Waals surface area (Å²) >= 11 is 0. The van der Waals surface area contributed by atoms with Crippen molar-refractivity contribution in [2.45, 2.75) is 57.3 Å². The number of hydrogen-bond acceptors (Lipinski definition) is 4. The molecule has 1 rings (SSSR count). The molecular weight excluding hydrogens is 260 g/mol. The molecule has 20 heavy (non-hydrogen) atoms. The normalized spacial score (nSPS) is 28.6. The molecule has 0 aromatic rings. The first-order valence-electron chi connectivity index (χ1n) is 6.97. The minimum Gasteiger partial charge on any atom is -0.480 e. The molecule has 0 spiro atoms. The van der Waals surface area contributed by atoms with Crippen LogP contribution in [0.4, 0.5) is 0 Å². The van der Waals surface area contributed by atoms with Gasteiger partial charge in [-0.05, 0) is 18.8 Å². The lowest BCUT2D eigenvalue weighted by Crippen LogP contribution is -2.56. The van der Waals surface area contributed by atoms with Gasteiger partial charge in [0.05, 0.1) is 12.1 Å². The molecule has 1 fully saturated rings. The van der Waals surface area contributed by atoms with Crippen LogP contribution in [0.15, 0.2) is 12.7 Å². The first-order valence-corrected chi connectivity index (χ1v) is 6.97. The van der Waals surface area contributed by atoms with E-state index in [1.165, 1.54) is 6.92 Å². The van der Waals surface area contributed by atoms with E-state index in [0.29, 0.717) is 12.8 Å². The molecule has 1 saturated heterocycles. The average molecular weight is 284 g/mol. The number of aliphatic carboxylic acids is 1. The molecule has 1 amide bonds. The second kappa shape index (κ2) is 7.40.